The maximum absolute atomic E-state index is 13.5. The van der Waals surface area contributed by atoms with Crippen LogP contribution in [0.25, 0.3) is 0 Å². The van der Waals surface area contributed by atoms with Crippen molar-refractivity contribution in [2.24, 2.45) is 0 Å². The zero-order valence-electron chi connectivity index (χ0n) is 20.3. The van der Waals surface area contributed by atoms with Crippen LogP contribution in [0, 0.1) is 0 Å². The summed E-state index contributed by atoms with van der Waals surface area (Å²) in [4.78, 5) is 28.6. The Hall–Kier alpha value is -3.07. The van der Waals surface area contributed by atoms with E-state index in [1.54, 1.807) is 7.05 Å². The van der Waals surface area contributed by atoms with Gasteiger partial charge in [-0.15, -0.1) is 0 Å². The van der Waals surface area contributed by atoms with Gasteiger partial charge in [-0.05, 0) is 68.7 Å². The molecule has 2 aromatic rings. The van der Waals surface area contributed by atoms with E-state index in [4.69, 9.17) is 0 Å². The van der Waals surface area contributed by atoms with Gasteiger partial charge in [0, 0.05) is 24.7 Å². The summed E-state index contributed by atoms with van der Waals surface area (Å²) in [7, 11) is 1.58. The number of hydrogen-bond acceptors (Lipinski definition) is 3. The van der Waals surface area contributed by atoms with Crippen LogP contribution in [0.3, 0.4) is 0 Å². The molecule has 6 nitrogen and oxygen atoms in total. The Morgan fingerprint density at radius 2 is 1.44 bits per heavy atom. The fourth-order valence-corrected chi connectivity index (χ4v) is 5.34. The molecule has 2 aliphatic carbocycles. The van der Waals surface area contributed by atoms with Gasteiger partial charge in [-0.2, -0.15) is 13.2 Å². The van der Waals surface area contributed by atoms with Crippen molar-refractivity contribution in [3.63, 3.8) is 0 Å². The van der Waals surface area contributed by atoms with Crippen molar-refractivity contribution in [1.29, 1.82) is 0 Å². The average Bonchev–Trinajstić information content (AvgIpc) is 3.69. The predicted octanol–water partition coefficient (Wildman–Crippen LogP) is 5.51. The maximum atomic E-state index is 13.5. The molecule has 2 aliphatic rings. The molecule has 2 aromatic carbocycles. The minimum atomic E-state index is -4.84. The number of carbonyl (C=O) groups excluding carboxylic acids is 1. The van der Waals surface area contributed by atoms with Crippen LogP contribution in [0.15, 0.2) is 54.6 Å². The van der Waals surface area contributed by atoms with Gasteiger partial charge >= 0.3 is 12.3 Å². The number of carboxylic acid groups (broad SMARTS) is 1. The molecule has 194 valence electrons. The Kier molecular flexibility index (Phi) is 6.81. The average molecular weight is 505 g/mol. The standard InChI is InChI=1S/C27H31F3N2O4/c1-25(36,27(28,29)30)19-10-8-18(9-11-19)23(33)32(21-12-13-21)22-14-16-26(17-15-22,31(2)24(34)35)20-6-4-3-5-7-20/h3-11,21-22,36H,12-17H2,1-2H3,(H,34,35)/t22?,25-,26?/m0/s1. The number of aliphatic hydroxyl groups is 1. The third-order valence-corrected chi connectivity index (χ3v) is 7.84. The summed E-state index contributed by atoms with van der Waals surface area (Å²) in [6, 6.07) is 14.5. The zero-order chi connectivity index (χ0) is 26.3. The molecule has 0 aliphatic heterocycles. The summed E-state index contributed by atoms with van der Waals surface area (Å²) in [5.41, 5.74) is -2.83. The highest BCUT2D eigenvalue weighted by molar-refractivity contribution is 5.95. The van der Waals surface area contributed by atoms with E-state index in [0.717, 1.165) is 30.5 Å². The van der Waals surface area contributed by atoms with E-state index in [-0.39, 0.29) is 29.1 Å². The van der Waals surface area contributed by atoms with Crippen molar-refractivity contribution in [3.05, 3.63) is 71.3 Å². The predicted molar refractivity (Wildman–Crippen MR) is 127 cm³/mol. The Morgan fingerprint density at radius 3 is 1.92 bits per heavy atom. The first-order chi connectivity index (χ1) is 16.9. The van der Waals surface area contributed by atoms with Crippen LogP contribution < -0.4 is 0 Å². The van der Waals surface area contributed by atoms with E-state index in [2.05, 4.69) is 0 Å². The molecule has 1 atom stereocenters. The van der Waals surface area contributed by atoms with E-state index in [1.807, 2.05) is 35.2 Å². The van der Waals surface area contributed by atoms with Crippen molar-refractivity contribution in [2.45, 2.75) is 74.8 Å². The normalized spacial score (nSPS) is 24.0. The molecule has 0 spiro atoms. The van der Waals surface area contributed by atoms with Crippen molar-refractivity contribution in [3.8, 4) is 0 Å². The largest absolute Gasteiger partial charge is 0.465 e. The van der Waals surface area contributed by atoms with Crippen LogP contribution in [-0.4, -0.2) is 57.3 Å². The van der Waals surface area contributed by atoms with Crippen LogP contribution in [0.1, 0.15) is 66.9 Å². The quantitative estimate of drug-likeness (QED) is 0.544. The highest BCUT2D eigenvalue weighted by Gasteiger charge is 2.51. The van der Waals surface area contributed by atoms with Gasteiger partial charge in [0.25, 0.3) is 5.91 Å². The number of hydrogen-bond donors (Lipinski definition) is 2. The molecule has 0 radical (unpaired) electrons. The Morgan fingerprint density at radius 1 is 0.917 bits per heavy atom. The number of nitrogens with zero attached hydrogens (tertiary/aromatic N) is 2. The molecule has 2 N–H and O–H groups in total. The minimum absolute atomic E-state index is 0.0712. The molecule has 2 amide bonds. The van der Waals surface area contributed by atoms with Crippen LogP contribution in [0.2, 0.25) is 0 Å². The monoisotopic (exact) mass is 504 g/mol. The molecule has 0 unspecified atom stereocenters. The second kappa shape index (κ2) is 9.42. The third kappa shape index (κ3) is 4.68. The molecule has 2 saturated carbocycles. The third-order valence-electron chi connectivity index (χ3n) is 7.84. The molecule has 2 fully saturated rings. The second-order valence-corrected chi connectivity index (χ2v) is 10.1. The second-order valence-electron chi connectivity index (χ2n) is 10.1. The lowest BCUT2D eigenvalue weighted by molar-refractivity contribution is -0.258. The number of benzene rings is 2. The molecule has 0 heterocycles. The minimum Gasteiger partial charge on any atom is -0.465 e. The fourth-order valence-electron chi connectivity index (χ4n) is 5.34. The Balaban J connectivity index is 1.55. The maximum Gasteiger partial charge on any atom is 0.421 e. The van der Waals surface area contributed by atoms with Gasteiger partial charge in [0.1, 0.15) is 0 Å². The molecular weight excluding hydrogens is 473 g/mol. The van der Waals surface area contributed by atoms with Crippen LogP contribution >= 0.6 is 0 Å². The number of rotatable bonds is 6. The summed E-state index contributed by atoms with van der Waals surface area (Å²) < 4.78 is 39.6. The van der Waals surface area contributed by atoms with Gasteiger partial charge in [-0.3, -0.25) is 4.79 Å². The lowest BCUT2D eigenvalue weighted by atomic mass is 9.73. The summed E-state index contributed by atoms with van der Waals surface area (Å²) in [6.45, 7) is 0.690. The van der Waals surface area contributed by atoms with E-state index in [1.165, 1.54) is 17.0 Å². The first-order valence-electron chi connectivity index (χ1n) is 12.1. The van der Waals surface area contributed by atoms with Crippen molar-refractivity contribution in [1.82, 2.24) is 9.80 Å². The Labute approximate surface area is 208 Å². The van der Waals surface area contributed by atoms with Gasteiger partial charge in [-0.25, -0.2) is 4.79 Å². The summed E-state index contributed by atoms with van der Waals surface area (Å²) in [6.07, 6.45) is -1.81. The van der Waals surface area contributed by atoms with Gasteiger partial charge < -0.3 is 20.0 Å². The van der Waals surface area contributed by atoms with Crippen molar-refractivity contribution < 1.29 is 33.0 Å². The highest BCUT2D eigenvalue weighted by atomic mass is 19.4. The van der Waals surface area contributed by atoms with Gasteiger partial charge in [0.05, 0.1) is 5.54 Å². The Bertz CT molecular complexity index is 1090. The topological polar surface area (TPSA) is 81.1 Å². The SMILES string of the molecule is CN(C(=O)O)C1(c2ccccc2)CCC(N(C(=O)c2ccc([C@](C)(O)C(F)(F)F)cc2)C2CC2)CC1. The molecule has 36 heavy (non-hydrogen) atoms. The van der Waals surface area contributed by atoms with Crippen LogP contribution in [0.5, 0.6) is 0 Å². The van der Waals surface area contributed by atoms with Crippen LogP contribution in [-0.2, 0) is 11.1 Å². The fraction of sp³-hybridized carbons (Fsp3) is 0.481. The lowest BCUT2D eigenvalue weighted by Gasteiger charge is -2.47. The summed E-state index contributed by atoms with van der Waals surface area (Å²) >= 11 is 0. The van der Waals surface area contributed by atoms with Gasteiger partial charge in [-0.1, -0.05) is 42.5 Å². The number of halogens is 3. The first kappa shape index (κ1) is 26.0. The number of carbonyl (C=O) groups is 2. The van der Waals surface area contributed by atoms with Gasteiger partial charge in [0.2, 0.25) is 0 Å². The summed E-state index contributed by atoms with van der Waals surface area (Å²) in [5, 5.41) is 19.7. The van der Waals surface area contributed by atoms with Crippen molar-refractivity contribution in [2.75, 3.05) is 7.05 Å². The zero-order valence-corrected chi connectivity index (χ0v) is 20.3. The molecular formula is C27H31F3N2O4. The van der Waals surface area contributed by atoms with Crippen LogP contribution in [0.4, 0.5) is 18.0 Å². The van der Waals surface area contributed by atoms with E-state index >= 15 is 0 Å². The van der Waals surface area contributed by atoms with E-state index < -0.39 is 23.4 Å². The van der Waals surface area contributed by atoms with E-state index in [0.29, 0.717) is 32.6 Å². The van der Waals surface area contributed by atoms with Crippen molar-refractivity contribution >= 4 is 12.0 Å². The number of amides is 2. The molecule has 9 heteroatoms. The smallest absolute Gasteiger partial charge is 0.421 e. The summed E-state index contributed by atoms with van der Waals surface area (Å²) in [5.74, 6) is -0.250. The lowest BCUT2D eigenvalue weighted by Crippen LogP contribution is -2.53. The highest BCUT2D eigenvalue weighted by Crippen LogP contribution is 2.45. The van der Waals surface area contributed by atoms with E-state index in [9.17, 15) is 33.0 Å². The first-order valence-corrected chi connectivity index (χ1v) is 12.1. The molecule has 4 rings (SSSR count). The molecule has 0 saturated heterocycles. The van der Waals surface area contributed by atoms with Gasteiger partial charge in [0.15, 0.2) is 5.60 Å². The molecule has 0 bridgehead atoms. The molecule has 0 aromatic heterocycles. The number of alkyl halides is 3.